The van der Waals surface area contributed by atoms with Crippen molar-refractivity contribution in [3.05, 3.63) is 59.7 Å². The van der Waals surface area contributed by atoms with Crippen molar-refractivity contribution < 1.29 is 48.0 Å². The van der Waals surface area contributed by atoms with E-state index in [-0.39, 0.29) is 54.8 Å². The van der Waals surface area contributed by atoms with Gasteiger partial charge in [-0.3, -0.25) is 0 Å². The number of amides is 2. The number of carbonyl (C=O) groups excluding carboxylic acids is 4. The molecule has 12 heteroatoms. The fourth-order valence-corrected chi connectivity index (χ4v) is 6.10. The molecule has 294 valence electrons. The van der Waals surface area contributed by atoms with Gasteiger partial charge < -0.3 is 48.2 Å². The zero-order valence-electron chi connectivity index (χ0n) is 33.3. The number of aliphatic hydroxyl groups excluding tert-OH is 1. The van der Waals surface area contributed by atoms with Gasteiger partial charge in [-0.1, -0.05) is 38.1 Å². The van der Waals surface area contributed by atoms with E-state index in [9.17, 15) is 24.3 Å². The lowest BCUT2D eigenvalue weighted by atomic mass is 9.96. The van der Waals surface area contributed by atoms with Crippen LogP contribution in [0.15, 0.2) is 48.5 Å². The minimum atomic E-state index is -0.765. The Labute approximate surface area is 315 Å². The van der Waals surface area contributed by atoms with E-state index in [2.05, 4.69) is 0 Å². The second kappa shape index (κ2) is 18.7. The third-order valence-electron chi connectivity index (χ3n) is 8.72. The van der Waals surface area contributed by atoms with E-state index < -0.39 is 29.5 Å². The topological polar surface area (TPSA) is 141 Å². The molecule has 2 heterocycles. The molecule has 2 saturated heterocycles. The Morgan fingerprint density at radius 2 is 1.00 bits per heavy atom. The monoisotopic (exact) mass is 740 g/mol. The summed E-state index contributed by atoms with van der Waals surface area (Å²) in [4.78, 5) is 50.0. The van der Waals surface area contributed by atoms with Crippen molar-refractivity contribution in [3.63, 3.8) is 0 Å². The fraction of sp³-hybridized carbons (Fsp3) is 0.610. The van der Waals surface area contributed by atoms with Crippen molar-refractivity contribution >= 4 is 23.8 Å². The molecule has 0 saturated carbocycles. The van der Waals surface area contributed by atoms with Crippen molar-refractivity contribution in [2.45, 2.75) is 130 Å². The maximum absolute atomic E-state index is 12.3. The lowest BCUT2D eigenvalue weighted by Gasteiger charge is -2.24. The molecule has 2 aromatic rings. The molecule has 12 nitrogen and oxygen atoms in total. The van der Waals surface area contributed by atoms with Crippen LogP contribution in [0.5, 0.6) is 11.5 Å². The molecule has 2 aromatic carbocycles. The Hall–Kier alpha value is -4.16. The van der Waals surface area contributed by atoms with Crippen molar-refractivity contribution in [2.24, 2.45) is 0 Å². The summed E-state index contributed by atoms with van der Waals surface area (Å²) in [5.74, 6) is 2.01. The summed E-state index contributed by atoms with van der Waals surface area (Å²) in [7, 11) is 1.62. The highest BCUT2D eigenvalue weighted by molar-refractivity contribution is 5.76. The molecular formula is C41H60N2O10. The zero-order chi connectivity index (χ0) is 39.7. The summed E-state index contributed by atoms with van der Waals surface area (Å²) in [6, 6.07) is 15.3. The van der Waals surface area contributed by atoms with Crippen LogP contribution in [0.3, 0.4) is 0 Å². The standard InChI is InChI=1S/C21H31NO5.C20H29NO5/c1-14(11-15(2)23)16-7-9-17(10-8-16)26-19-13-22(12-18(19)25-6)20(24)27-21(3,4)5;1-13(10-14(2)22)15-6-8-16(9-7-15)25-18-12-21(11-17(18)23)19(24)26-20(3,4)5/h7-10,14,18-19H,11-13H2,1-6H3;6-9,13,17-18,23H,10-12H2,1-5H3/t14-,18-,19?;13-,17+,18?/m11/s1. The summed E-state index contributed by atoms with van der Waals surface area (Å²) < 4.78 is 28.2. The van der Waals surface area contributed by atoms with Gasteiger partial charge in [-0.2, -0.15) is 0 Å². The van der Waals surface area contributed by atoms with E-state index in [1.54, 1.807) is 46.6 Å². The Kier molecular flexibility index (Phi) is 15.3. The van der Waals surface area contributed by atoms with Crippen LogP contribution in [0.1, 0.15) is 105 Å². The highest BCUT2D eigenvalue weighted by Gasteiger charge is 2.39. The van der Waals surface area contributed by atoms with Crippen LogP contribution in [0.25, 0.3) is 0 Å². The van der Waals surface area contributed by atoms with E-state index in [1.807, 2.05) is 83.1 Å². The number of nitrogens with zero attached hydrogens (tertiary/aromatic N) is 2. The number of ether oxygens (including phenoxy) is 5. The normalized spacial score (nSPS) is 21.2. The van der Waals surface area contributed by atoms with Crippen LogP contribution < -0.4 is 9.47 Å². The van der Waals surface area contributed by atoms with Gasteiger partial charge in [0, 0.05) is 20.0 Å². The molecule has 4 rings (SSSR count). The minimum Gasteiger partial charge on any atom is -0.486 e. The molecule has 2 amide bonds. The fourth-order valence-electron chi connectivity index (χ4n) is 6.10. The smallest absolute Gasteiger partial charge is 0.410 e. The molecule has 6 atom stereocenters. The second-order valence-corrected chi connectivity index (χ2v) is 16.2. The lowest BCUT2D eigenvalue weighted by Crippen LogP contribution is -2.36. The van der Waals surface area contributed by atoms with E-state index >= 15 is 0 Å². The van der Waals surface area contributed by atoms with Gasteiger partial charge in [-0.05, 0) is 103 Å². The maximum atomic E-state index is 12.3. The first-order chi connectivity index (χ1) is 24.6. The second-order valence-electron chi connectivity index (χ2n) is 16.2. The van der Waals surface area contributed by atoms with Crippen molar-refractivity contribution in [3.8, 4) is 11.5 Å². The van der Waals surface area contributed by atoms with Crippen LogP contribution in [0.4, 0.5) is 9.59 Å². The summed E-state index contributed by atoms with van der Waals surface area (Å²) in [5.41, 5.74) is 1.05. The van der Waals surface area contributed by atoms with Crippen LogP contribution in [0.2, 0.25) is 0 Å². The van der Waals surface area contributed by atoms with E-state index in [0.29, 0.717) is 37.4 Å². The molecule has 2 fully saturated rings. The van der Waals surface area contributed by atoms with Gasteiger partial charge >= 0.3 is 12.2 Å². The highest BCUT2D eigenvalue weighted by Crippen LogP contribution is 2.27. The van der Waals surface area contributed by atoms with Gasteiger partial charge in [0.2, 0.25) is 0 Å². The lowest BCUT2D eigenvalue weighted by molar-refractivity contribution is -0.118. The number of hydrogen-bond donors (Lipinski definition) is 1. The van der Waals surface area contributed by atoms with Gasteiger partial charge in [0.15, 0.2) is 0 Å². The molecule has 0 aliphatic carbocycles. The van der Waals surface area contributed by atoms with Gasteiger partial charge in [-0.15, -0.1) is 0 Å². The number of hydrogen-bond acceptors (Lipinski definition) is 10. The van der Waals surface area contributed by atoms with Crippen LogP contribution in [0, 0.1) is 0 Å². The predicted molar refractivity (Wildman–Crippen MR) is 202 cm³/mol. The number of methoxy groups -OCH3 is 1. The summed E-state index contributed by atoms with van der Waals surface area (Å²) in [6.07, 6.45) is -1.51. The number of carbonyl (C=O) groups is 4. The van der Waals surface area contributed by atoms with Gasteiger partial charge in [0.1, 0.15) is 58.7 Å². The molecule has 0 spiro atoms. The first kappa shape index (κ1) is 43.2. The number of benzene rings is 2. The third-order valence-corrected chi connectivity index (χ3v) is 8.72. The molecule has 1 N–H and O–H groups in total. The van der Waals surface area contributed by atoms with Crippen LogP contribution >= 0.6 is 0 Å². The maximum Gasteiger partial charge on any atom is 0.410 e. The summed E-state index contributed by atoms with van der Waals surface area (Å²) in [6.45, 7) is 19.5. The van der Waals surface area contributed by atoms with Crippen LogP contribution in [-0.4, -0.2) is 108 Å². The number of likely N-dealkylation sites (tertiary alicyclic amines) is 2. The van der Waals surface area contributed by atoms with Gasteiger partial charge in [0.25, 0.3) is 0 Å². The molecule has 0 radical (unpaired) electrons. The first-order valence-corrected chi connectivity index (χ1v) is 18.3. The van der Waals surface area contributed by atoms with E-state index in [1.165, 1.54) is 4.90 Å². The molecule has 2 aliphatic rings. The Morgan fingerprint density at radius 1 is 0.642 bits per heavy atom. The number of ketones is 2. The number of Topliss-reactive ketones (excluding diaryl/α,β-unsaturated/α-hetero) is 2. The Morgan fingerprint density at radius 3 is 1.38 bits per heavy atom. The van der Waals surface area contributed by atoms with Crippen molar-refractivity contribution in [1.82, 2.24) is 9.80 Å². The molecule has 53 heavy (non-hydrogen) atoms. The molecule has 0 aromatic heterocycles. The third kappa shape index (κ3) is 14.3. The average Bonchev–Trinajstić information content (AvgIpc) is 3.62. The van der Waals surface area contributed by atoms with Crippen molar-refractivity contribution in [2.75, 3.05) is 33.3 Å². The molecule has 2 unspecified atom stereocenters. The van der Waals surface area contributed by atoms with Gasteiger partial charge in [0.05, 0.1) is 26.2 Å². The van der Waals surface area contributed by atoms with Gasteiger partial charge in [-0.25, -0.2) is 9.59 Å². The number of β-amino-alcohol motifs (C(OH)–C–C–N with tert-alkyl or cyclic N) is 1. The van der Waals surface area contributed by atoms with E-state index in [4.69, 9.17) is 23.7 Å². The minimum absolute atomic E-state index is 0.154. The molecular weight excluding hydrogens is 680 g/mol. The summed E-state index contributed by atoms with van der Waals surface area (Å²) in [5, 5.41) is 10.2. The predicted octanol–water partition coefficient (Wildman–Crippen LogP) is 6.91. The van der Waals surface area contributed by atoms with Crippen molar-refractivity contribution in [1.29, 1.82) is 0 Å². The number of aliphatic hydroxyl groups is 1. The van der Waals surface area contributed by atoms with Crippen LogP contribution in [-0.2, 0) is 23.8 Å². The zero-order valence-corrected chi connectivity index (χ0v) is 33.3. The first-order valence-electron chi connectivity index (χ1n) is 18.3. The molecule has 0 bridgehead atoms. The Balaban J connectivity index is 0.000000286. The summed E-state index contributed by atoms with van der Waals surface area (Å²) >= 11 is 0. The SMILES string of the molecule is CC(=O)C[C@@H](C)c1ccc(OC2CN(C(=O)OC(C)(C)C)C[C@@H]2O)cc1.CO[C@@H]1CN(C(=O)OC(C)(C)C)CC1Oc1ccc([C@H](C)CC(C)=O)cc1. The highest BCUT2D eigenvalue weighted by atomic mass is 16.6. The Bertz CT molecular complexity index is 1510. The largest absolute Gasteiger partial charge is 0.486 e. The molecule has 2 aliphatic heterocycles. The number of rotatable bonds is 11. The average molecular weight is 741 g/mol. The quantitative estimate of drug-likeness (QED) is 0.258. The van der Waals surface area contributed by atoms with E-state index in [0.717, 1.165) is 11.1 Å².